The molecule has 0 bridgehead atoms. The molecule has 1 heteroatoms. The van der Waals surface area contributed by atoms with Gasteiger partial charge < -0.3 is 5.32 Å². The van der Waals surface area contributed by atoms with Gasteiger partial charge in [-0.25, -0.2) is 0 Å². The molecule has 1 aliphatic carbocycles. The molecular formula is C18H35N. The van der Waals surface area contributed by atoms with E-state index >= 15 is 0 Å². The second-order valence-electron chi connectivity index (χ2n) is 8.07. The monoisotopic (exact) mass is 265 g/mol. The van der Waals surface area contributed by atoms with Crippen molar-refractivity contribution in [2.24, 2.45) is 47.3 Å². The molecule has 112 valence electrons. The molecule has 1 heterocycles. The van der Waals surface area contributed by atoms with Crippen LogP contribution in [0.5, 0.6) is 0 Å². The van der Waals surface area contributed by atoms with Crippen molar-refractivity contribution >= 4 is 0 Å². The summed E-state index contributed by atoms with van der Waals surface area (Å²) in [5.74, 6) is 6.65. The Kier molecular flexibility index (Phi) is 4.35. The fraction of sp³-hybridized carbons (Fsp3) is 1.00. The van der Waals surface area contributed by atoms with Gasteiger partial charge in [0.15, 0.2) is 0 Å². The summed E-state index contributed by atoms with van der Waals surface area (Å²) < 4.78 is 0. The molecule has 2 rings (SSSR count). The summed E-state index contributed by atoms with van der Waals surface area (Å²) in [6.07, 6.45) is 0. The summed E-state index contributed by atoms with van der Waals surface area (Å²) in [6.45, 7) is 19.8. The maximum atomic E-state index is 4.02. The summed E-state index contributed by atoms with van der Waals surface area (Å²) in [5.41, 5.74) is 0. The topological polar surface area (TPSA) is 12.0 Å². The third-order valence-electron chi connectivity index (χ3n) is 7.59. The summed E-state index contributed by atoms with van der Waals surface area (Å²) >= 11 is 0. The van der Waals surface area contributed by atoms with E-state index < -0.39 is 0 Å². The average Bonchev–Trinajstić information content (AvgIpc) is 2.46. The van der Waals surface area contributed by atoms with Gasteiger partial charge in [0.25, 0.3) is 0 Å². The fourth-order valence-corrected chi connectivity index (χ4v) is 5.12. The molecule has 0 spiro atoms. The molecule has 8 unspecified atom stereocenters. The standard InChI is InChI=1S/C18H35N/c1-9-10(2)15(7)18-17(13(9)5)14(6)11(3)12(4)16(8)19-18/h9-19H,1-8H3/t9?,10?,11?,12?,13-,14?,15+,16?,17?,18?/m0/s1. The highest BCUT2D eigenvalue weighted by molar-refractivity contribution is 5.01. The Hall–Kier alpha value is -0.0400. The van der Waals surface area contributed by atoms with Gasteiger partial charge in [-0.3, -0.25) is 0 Å². The maximum Gasteiger partial charge on any atom is 0.0131 e. The second-order valence-corrected chi connectivity index (χ2v) is 8.07. The highest BCUT2D eigenvalue weighted by Gasteiger charge is 2.49. The van der Waals surface area contributed by atoms with Crippen LogP contribution < -0.4 is 5.32 Å². The lowest BCUT2D eigenvalue weighted by Crippen LogP contribution is -2.55. The van der Waals surface area contributed by atoms with Crippen molar-refractivity contribution in [3.63, 3.8) is 0 Å². The molecule has 0 aromatic carbocycles. The number of fused-ring (bicyclic) bond motifs is 1. The lowest BCUT2D eigenvalue weighted by atomic mass is 9.57. The fourth-order valence-electron chi connectivity index (χ4n) is 5.12. The zero-order valence-corrected chi connectivity index (χ0v) is 14.3. The molecule has 19 heavy (non-hydrogen) atoms. The van der Waals surface area contributed by atoms with E-state index in [1.165, 1.54) is 0 Å². The van der Waals surface area contributed by atoms with Crippen LogP contribution in [-0.2, 0) is 0 Å². The minimum Gasteiger partial charge on any atom is -0.311 e. The smallest absolute Gasteiger partial charge is 0.0131 e. The Morgan fingerprint density at radius 1 is 0.474 bits per heavy atom. The Bertz CT molecular complexity index is 313. The van der Waals surface area contributed by atoms with Gasteiger partial charge in [-0.1, -0.05) is 48.5 Å². The van der Waals surface area contributed by atoms with Crippen molar-refractivity contribution in [3.05, 3.63) is 0 Å². The van der Waals surface area contributed by atoms with Gasteiger partial charge in [-0.05, 0) is 54.3 Å². The highest BCUT2D eigenvalue weighted by atomic mass is 15.0. The lowest BCUT2D eigenvalue weighted by Gasteiger charge is -2.50. The van der Waals surface area contributed by atoms with Crippen molar-refractivity contribution in [1.29, 1.82) is 0 Å². The third kappa shape index (κ3) is 2.37. The van der Waals surface area contributed by atoms with Gasteiger partial charge in [0.2, 0.25) is 0 Å². The third-order valence-corrected chi connectivity index (χ3v) is 7.59. The summed E-state index contributed by atoms with van der Waals surface area (Å²) in [7, 11) is 0. The predicted molar refractivity (Wildman–Crippen MR) is 84.0 cm³/mol. The van der Waals surface area contributed by atoms with Gasteiger partial charge in [0.05, 0.1) is 0 Å². The van der Waals surface area contributed by atoms with E-state index in [9.17, 15) is 0 Å². The van der Waals surface area contributed by atoms with E-state index in [0.717, 1.165) is 53.4 Å². The van der Waals surface area contributed by atoms with Crippen LogP contribution in [0.4, 0.5) is 0 Å². The van der Waals surface area contributed by atoms with E-state index in [1.807, 2.05) is 0 Å². The lowest BCUT2D eigenvalue weighted by molar-refractivity contribution is 0.00409. The van der Waals surface area contributed by atoms with Gasteiger partial charge >= 0.3 is 0 Å². The van der Waals surface area contributed by atoms with Gasteiger partial charge in [0, 0.05) is 12.1 Å². The SMILES string of the molecule is CC1NC2C(C(C)C(C)C1C)[C@@H](C)C(C)C(C)[C@H]2C. The molecule has 2 aliphatic rings. The quantitative estimate of drug-likeness (QED) is 0.683. The Balaban J connectivity index is 2.36. The van der Waals surface area contributed by atoms with E-state index in [-0.39, 0.29) is 0 Å². The van der Waals surface area contributed by atoms with Crippen molar-refractivity contribution in [2.45, 2.75) is 67.5 Å². The molecule has 0 aromatic rings. The van der Waals surface area contributed by atoms with Gasteiger partial charge in [-0.2, -0.15) is 0 Å². The molecule has 10 atom stereocenters. The summed E-state index contributed by atoms with van der Waals surface area (Å²) in [4.78, 5) is 0. The molecule has 1 saturated carbocycles. The normalized spacial score (nSPS) is 59.4. The number of nitrogens with one attached hydrogen (secondary N) is 1. The van der Waals surface area contributed by atoms with Crippen LogP contribution in [0.2, 0.25) is 0 Å². The molecule has 1 nitrogen and oxygen atoms in total. The average molecular weight is 265 g/mol. The molecule has 1 saturated heterocycles. The molecule has 0 radical (unpaired) electrons. The summed E-state index contributed by atoms with van der Waals surface area (Å²) in [5, 5.41) is 4.02. The van der Waals surface area contributed by atoms with E-state index in [1.54, 1.807) is 0 Å². The van der Waals surface area contributed by atoms with Crippen LogP contribution in [0.25, 0.3) is 0 Å². The van der Waals surface area contributed by atoms with E-state index in [2.05, 4.69) is 60.7 Å². The van der Waals surface area contributed by atoms with Crippen LogP contribution in [0.1, 0.15) is 55.4 Å². The second kappa shape index (κ2) is 5.39. The molecule has 1 N–H and O–H groups in total. The van der Waals surface area contributed by atoms with Crippen molar-refractivity contribution in [2.75, 3.05) is 0 Å². The van der Waals surface area contributed by atoms with Gasteiger partial charge in [0.1, 0.15) is 0 Å². The molecular weight excluding hydrogens is 230 g/mol. The zero-order chi connectivity index (χ0) is 14.5. The van der Waals surface area contributed by atoms with Crippen LogP contribution in [0, 0.1) is 47.3 Å². The van der Waals surface area contributed by atoms with Crippen molar-refractivity contribution in [3.8, 4) is 0 Å². The van der Waals surface area contributed by atoms with E-state index in [4.69, 9.17) is 0 Å². The molecule has 2 fully saturated rings. The van der Waals surface area contributed by atoms with Crippen LogP contribution >= 0.6 is 0 Å². The predicted octanol–water partition coefficient (Wildman–Crippen LogP) is 4.43. The molecule has 0 aromatic heterocycles. The molecule has 1 aliphatic heterocycles. The van der Waals surface area contributed by atoms with Gasteiger partial charge in [-0.15, -0.1) is 0 Å². The van der Waals surface area contributed by atoms with Crippen LogP contribution in [-0.4, -0.2) is 12.1 Å². The minimum absolute atomic E-state index is 0.655. The Labute approximate surface area is 120 Å². The largest absolute Gasteiger partial charge is 0.311 e. The highest BCUT2D eigenvalue weighted by Crippen LogP contribution is 2.49. The van der Waals surface area contributed by atoms with E-state index in [0.29, 0.717) is 6.04 Å². The first-order chi connectivity index (χ1) is 8.77. The Morgan fingerprint density at radius 3 is 1.42 bits per heavy atom. The van der Waals surface area contributed by atoms with Crippen molar-refractivity contribution < 1.29 is 0 Å². The first-order valence-corrected chi connectivity index (χ1v) is 8.53. The maximum absolute atomic E-state index is 4.02. The van der Waals surface area contributed by atoms with Crippen LogP contribution in [0.15, 0.2) is 0 Å². The zero-order valence-electron chi connectivity index (χ0n) is 14.3. The first kappa shape index (κ1) is 15.4. The number of hydrogen-bond donors (Lipinski definition) is 1. The Morgan fingerprint density at radius 2 is 0.895 bits per heavy atom. The van der Waals surface area contributed by atoms with Crippen molar-refractivity contribution in [1.82, 2.24) is 5.32 Å². The summed E-state index contributed by atoms with van der Waals surface area (Å²) in [6, 6.07) is 1.38. The molecule has 0 amide bonds. The number of rotatable bonds is 0. The number of hydrogen-bond acceptors (Lipinski definition) is 1. The first-order valence-electron chi connectivity index (χ1n) is 8.53. The minimum atomic E-state index is 0.655. The van der Waals surface area contributed by atoms with Crippen LogP contribution in [0.3, 0.4) is 0 Å².